The van der Waals surface area contributed by atoms with Gasteiger partial charge in [0.25, 0.3) is 0 Å². The van der Waals surface area contributed by atoms with Crippen LogP contribution < -0.4 is 0 Å². The highest BCUT2D eigenvalue weighted by Gasteiger charge is 2.73. The van der Waals surface area contributed by atoms with Gasteiger partial charge in [-0.25, -0.2) is 8.78 Å². The molecule has 0 amide bonds. The molecule has 0 heterocycles. The van der Waals surface area contributed by atoms with E-state index in [-0.39, 0.29) is 47.7 Å². The summed E-state index contributed by atoms with van der Waals surface area (Å²) >= 11 is 6.06. The molecule has 0 spiro atoms. The second kappa shape index (κ2) is 7.45. The van der Waals surface area contributed by atoms with Crippen LogP contribution in [0.1, 0.15) is 47.0 Å². The molecule has 0 radical (unpaired) electrons. The summed E-state index contributed by atoms with van der Waals surface area (Å²) in [5, 5.41) is 11.1. The minimum atomic E-state index is -2.24. The van der Waals surface area contributed by atoms with E-state index in [1.807, 2.05) is 13.8 Å². The third-order valence-corrected chi connectivity index (χ3v) is 9.09. The van der Waals surface area contributed by atoms with Gasteiger partial charge in [0.05, 0.1) is 11.1 Å². The number of alkyl halides is 2. The zero-order chi connectivity index (χ0) is 23.8. The number of allylic oxidation sites excluding steroid dienone is 4. The highest BCUT2D eigenvalue weighted by atomic mass is 35.5. The van der Waals surface area contributed by atoms with Gasteiger partial charge in [0, 0.05) is 24.2 Å². The van der Waals surface area contributed by atoms with Gasteiger partial charge in [-0.2, -0.15) is 0 Å². The fourth-order valence-electron chi connectivity index (χ4n) is 7.57. The zero-order valence-electron chi connectivity index (χ0n) is 18.7. The molecule has 1 N–H and O–H groups in total. The van der Waals surface area contributed by atoms with E-state index in [0.29, 0.717) is 6.42 Å². The van der Waals surface area contributed by atoms with Crippen LogP contribution in [-0.2, 0) is 19.1 Å². The number of Topliss-reactive ketones (excluding diaryl/α,β-unsaturated/α-hetero) is 1. The fraction of sp³-hybridized carbons (Fsp3) is 0.708. The standard InChI is InChI=1S/C24H29ClF2O5/c1-11-5-13-14-6-17(26)15-7-18(29)16(25)8-23(15,4)24(14,27)20(31)9-22(13,3)21(11)19(30)10-32-12(2)28/h7-8,11,13-14,17,20-21,31H,5-6,9-10H2,1-4H3/t11-,13+,14+,17+,20+,21-,22+,23+,24+/m1/s1. The lowest BCUT2D eigenvalue weighted by Gasteiger charge is -2.62. The van der Waals surface area contributed by atoms with Crippen LogP contribution in [0.15, 0.2) is 22.8 Å². The Morgan fingerprint density at radius 2 is 1.94 bits per heavy atom. The van der Waals surface area contributed by atoms with Gasteiger partial charge < -0.3 is 9.84 Å². The first-order valence-electron chi connectivity index (χ1n) is 11.1. The summed E-state index contributed by atoms with van der Waals surface area (Å²) in [5.74, 6) is -3.30. The molecule has 5 nitrogen and oxygen atoms in total. The van der Waals surface area contributed by atoms with Crippen LogP contribution >= 0.6 is 11.6 Å². The maximum atomic E-state index is 17.1. The van der Waals surface area contributed by atoms with Crippen LogP contribution in [0.25, 0.3) is 0 Å². The molecular formula is C24H29ClF2O5. The topological polar surface area (TPSA) is 80.7 Å². The van der Waals surface area contributed by atoms with E-state index in [1.54, 1.807) is 0 Å². The van der Waals surface area contributed by atoms with E-state index in [9.17, 15) is 19.5 Å². The highest BCUT2D eigenvalue weighted by molar-refractivity contribution is 6.44. The second-order valence-corrected chi connectivity index (χ2v) is 10.9. The number of aliphatic hydroxyl groups is 1. The summed E-state index contributed by atoms with van der Waals surface area (Å²) in [6.45, 7) is 6.10. The lowest BCUT2D eigenvalue weighted by Crippen LogP contribution is -2.68. The minimum absolute atomic E-state index is 0.00468. The summed E-state index contributed by atoms with van der Waals surface area (Å²) < 4.78 is 37.4. The normalized spacial score (nSPS) is 47.6. The van der Waals surface area contributed by atoms with Crippen LogP contribution in [0.4, 0.5) is 8.78 Å². The van der Waals surface area contributed by atoms with Gasteiger partial charge in [0.2, 0.25) is 0 Å². The van der Waals surface area contributed by atoms with Crippen LogP contribution in [-0.4, -0.2) is 47.2 Å². The van der Waals surface area contributed by atoms with E-state index in [1.165, 1.54) is 19.9 Å². The van der Waals surface area contributed by atoms with Gasteiger partial charge in [-0.3, -0.25) is 14.4 Å². The maximum absolute atomic E-state index is 17.1. The quantitative estimate of drug-likeness (QED) is 0.633. The van der Waals surface area contributed by atoms with Crippen molar-refractivity contribution in [3.8, 4) is 0 Å². The maximum Gasteiger partial charge on any atom is 0.303 e. The first-order valence-corrected chi connectivity index (χ1v) is 11.5. The largest absolute Gasteiger partial charge is 0.458 e. The molecule has 0 unspecified atom stereocenters. The Morgan fingerprint density at radius 1 is 1.28 bits per heavy atom. The molecular weight excluding hydrogens is 442 g/mol. The van der Waals surface area contributed by atoms with Crippen molar-refractivity contribution in [1.82, 2.24) is 0 Å². The number of ether oxygens (including phenoxy) is 1. The summed E-state index contributed by atoms with van der Waals surface area (Å²) in [4.78, 5) is 36.3. The van der Waals surface area contributed by atoms with E-state index < -0.39 is 52.4 Å². The smallest absolute Gasteiger partial charge is 0.303 e. The van der Waals surface area contributed by atoms with E-state index in [4.69, 9.17) is 16.3 Å². The molecule has 4 aliphatic rings. The van der Waals surface area contributed by atoms with Gasteiger partial charge >= 0.3 is 5.97 Å². The van der Waals surface area contributed by atoms with Crippen LogP contribution in [0.2, 0.25) is 0 Å². The third-order valence-electron chi connectivity index (χ3n) is 8.79. The van der Waals surface area contributed by atoms with Crippen molar-refractivity contribution in [2.24, 2.45) is 34.5 Å². The molecule has 0 aliphatic heterocycles. The molecule has 0 aromatic rings. The number of rotatable bonds is 3. The highest BCUT2D eigenvalue weighted by Crippen LogP contribution is 2.70. The zero-order valence-corrected chi connectivity index (χ0v) is 19.4. The third kappa shape index (κ3) is 2.99. The lowest BCUT2D eigenvalue weighted by molar-refractivity contribution is -0.202. The predicted octanol–water partition coefficient (Wildman–Crippen LogP) is 3.87. The first kappa shape index (κ1) is 23.6. The Hall–Kier alpha value is -1.60. The number of hydrogen-bond donors (Lipinski definition) is 1. The average Bonchev–Trinajstić information content (AvgIpc) is 2.95. The molecule has 3 saturated carbocycles. The molecule has 176 valence electrons. The van der Waals surface area contributed by atoms with Crippen LogP contribution in [0.3, 0.4) is 0 Å². The number of carbonyl (C=O) groups is 3. The molecule has 0 bridgehead atoms. The molecule has 32 heavy (non-hydrogen) atoms. The number of esters is 1. The Bertz CT molecular complexity index is 947. The van der Waals surface area contributed by atoms with Gasteiger partial charge in [-0.1, -0.05) is 25.4 Å². The summed E-state index contributed by atoms with van der Waals surface area (Å²) in [5.41, 5.74) is -4.56. The van der Waals surface area contributed by atoms with Crippen molar-refractivity contribution < 1.29 is 33.0 Å². The summed E-state index contributed by atoms with van der Waals surface area (Å²) in [6.07, 6.45) is -0.381. The van der Waals surface area contributed by atoms with Gasteiger partial charge in [-0.15, -0.1) is 0 Å². The number of hydrogen-bond acceptors (Lipinski definition) is 5. The number of aliphatic hydroxyl groups excluding tert-OH is 1. The van der Waals surface area contributed by atoms with E-state index in [0.717, 1.165) is 6.08 Å². The van der Waals surface area contributed by atoms with E-state index in [2.05, 4.69) is 0 Å². The van der Waals surface area contributed by atoms with Crippen molar-refractivity contribution in [2.75, 3.05) is 6.61 Å². The van der Waals surface area contributed by atoms with Crippen molar-refractivity contribution in [3.63, 3.8) is 0 Å². The monoisotopic (exact) mass is 470 g/mol. The van der Waals surface area contributed by atoms with Gasteiger partial charge in [-0.05, 0) is 61.2 Å². The van der Waals surface area contributed by atoms with Crippen molar-refractivity contribution in [3.05, 3.63) is 22.8 Å². The Kier molecular flexibility index (Phi) is 5.49. The Morgan fingerprint density at radius 3 is 2.56 bits per heavy atom. The van der Waals surface area contributed by atoms with E-state index >= 15 is 8.78 Å². The average molecular weight is 471 g/mol. The molecule has 8 heteroatoms. The number of fused-ring (bicyclic) bond motifs is 5. The molecule has 3 fully saturated rings. The first-order chi connectivity index (χ1) is 14.8. The van der Waals surface area contributed by atoms with Crippen molar-refractivity contribution in [2.45, 2.75) is 64.9 Å². The fourth-order valence-corrected chi connectivity index (χ4v) is 7.85. The summed E-state index contributed by atoms with van der Waals surface area (Å²) in [7, 11) is 0. The molecule has 4 rings (SSSR count). The minimum Gasteiger partial charge on any atom is -0.458 e. The molecule has 0 saturated heterocycles. The molecule has 0 aromatic carbocycles. The molecule has 0 aromatic heterocycles. The second-order valence-electron chi connectivity index (χ2n) is 10.5. The Labute approximate surface area is 191 Å². The van der Waals surface area contributed by atoms with Crippen molar-refractivity contribution in [1.29, 1.82) is 0 Å². The molecule has 9 atom stereocenters. The number of carbonyl (C=O) groups excluding carboxylic acids is 3. The number of ketones is 2. The lowest BCUT2D eigenvalue weighted by atomic mass is 9.45. The van der Waals surface area contributed by atoms with Crippen LogP contribution in [0, 0.1) is 34.5 Å². The summed E-state index contributed by atoms with van der Waals surface area (Å²) in [6, 6.07) is 0. The van der Waals surface area contributed by atoms with Crippen LogP contribution in [0.5, 0.6) is 0 Å². The SMILES string of the molecule is CC(=O)OCC(=O)[C@H]1[C@H](C)C[C@H]2[C@@H]3C[C@H](F)C4=CC(=O)C(Cl)=C[C@]4(C)[C@@]3(F)[C@@H](O)C[C@@]21C. The number of halogens is 3. The van der Waals surface area contributed by atoms with Gasteiger partial charge in [0.15, 0.2) is 17.2 Å². The molecule has 4 aliphatic carbocycles. The van der Waals surface area contributed by atoms with Gasteiger partial charge in [0.1, 0.15) is 12.8 Å². The predicted molar refractivity (Wildman–Crippen MR) is 113 cm³/mol. The van der Waals surface area contributed by atoms with Crippen molar-refractivity contribution >= 4 is 29.1 Å². The Balaban J connectivity index is 1.76.